The van der Waals surface area contributed by atoms with E-state index in [0.717, 1.165) is 49.9 Å². The number of nitrogens with one attached hydrogen (secondary N) is 1. The minimum absolute atomic E-state index is 0.0731. The lowest BCUT2D eigenvalue weighted by Gasteiger charge is -2.37. The van der Waals surface area contributed by atoms with Crippen LogP contribution in [0.2, 0.25) is 0 Å². The van der Waals surface area contributed by atoms with E-state index in [1.807, 2.05) is 36.1 Å². The maximum atomic E-state index is 12.6. The smallest absolute Gasteiger partial charge is 0.234 e. The number of nitrogens with zero attached hydrogens (tertiary/aromatic N) is 2. The van der Waals surface area contributed by atoms with Crippen LogP contribution in [0.15, 0.2) is 24.3 Å². The summed E-state index contributed by atoms with van der Waals surface area (Å²) >= 11 is 0. The third-order valence-corrected chi connectivity index (χ3v) is 6.62. The molecule has 0 radical (unpaired) electrons. The molecule has 0 aromatic heterocycles. The summed E-state index contributed by atoms with van der Waals surface area (Å²) in [6.07, 6.45) is 3.93. The molecule has 30 heavy (non-hydrogen) atoms. The van der Waals surface area contributed by atoms with Crippen molar-refractivity contribution in [2.24, 2.45) is 0 Å². The fourth-order valence-corrected chi connectivity index (χ4v) is 4.70. The zero-order valence-corrected chi connectivity index (χ0v) is 17.9. The quantitative estimate of drug-likeness (QED) is 0.789. The van der Waals surface area contributed by atoms with Gasteiger partial charge in [0, 0.05) is 45.1 Å². The van der Waals surface area contributed by atoms with Crippen LogP contribution < -0.4 is 5.32 Å². The molecule has 1 aliphatic carbocycles. The third kappa shape index (κ3) is 5.20. The SMILES string of the molecule is Cc1ccccc1CC(=O)N1CCN(CC(=O)NC2CCC3(CC2)OCCO3)CC1. The second kappa shape index (κ2) is 9.45. The van der Waals surface area contributed by atoms with Crippen LogP contribution in [-0.4, -0.2) is 79.4 Å². The van der Waals surface area contributed by atoms with Crippen LogP contribution in [0, 0.1) is 6.92 Å². The van der Waals surface area contributed by atoms with Gasteiger partial charge in [-0.2, -0.15) is 0 Å². The standard InChI is InChI=1S/C23H33N3O4/c1-18-4-2-3-5-19(18)16-22(28)26-12-10-25(11-13-26)17-21(27)24-20-6-8-23(9-7-20)29-14-15-30-23/h2-5,20H,6-17H2,1H3,(H,24,27). The molecule has 2 saturated heterocycles. The van der Waals surface area contributed by atoms with Crippen molar-refractivity contribution in [1.82, 2.24) is 15.1 Å². The summed E-state index contributed by atoms with van der Waals surface area (Å²) < 4.78 is 11.5. The van der Waals surface area contributed by atoms with Crippen LogP contribution in [-0.2, 0) is 25.5 Å². The highest BCUT2D eigenvalue weighted by Crippen LogP contribution is 2.35. The van der Waals surface area contributed by atoms with Gasteiger partial charge in [-0.1, -0.05) is 24.3 Å². The van der Waals surface area contributed by atoms with Gasteiger partial charge in [0.25, 0.3) is 0 Å². The summed E-state index contributed by atoms with van der Waals surface area (Å²) in [5.41, 5.74) is 2.24. The highest BCUT2D eigenvalue weighted by molar-refractivity contribution is 5.80. The Balaban J connectivity index is 1.16. The molecule has 0 bridgehead atoms. The molecule has 2 amide bonds. The molecule has 7 heteroatoms. The highest BCUT2D eigenvalue weighted by Gasteiger charge is 2.40. The lowest BCUT2D eigenvalue weighted by atomic mass is 9.90. The first-order valence-corrected chi connectivity index (χ1v) is 11.1. The Morgan fingerprint density at radius 2 is 1.73 bits per heavy atom. The molecule has 1 aromatic rings. The summed E-state index contributed by atoms with van der Waals surface area (Å²) in [6, 6.07) is 8.24. The number of carbonyl (C=O) groups excluding carboxylic acids is 2. The molecule has 0 atom stereocenters. The van der Waals surface area contributed by atoms with Gasteiger partial charge in [0.2, 0.25) is 11.8 Å². The van der Waals surface area contributed by atoms with Crippen molar-refractivity contribution in [2.75, 3.05) is 45.9 Å². The molecule has 2 heterocycles. The van der Waals surface area contributed by atoms with Crippen LogP contribution >= 0.6 is 0 Å². The van der Waals surface area contributed by atoms with Crippen molar-refractivity contribution < 1.29 is 19.1 Å². The van der Waals surface area contributed by atoms with E-state index in [2.05, 4.69) is 10.2 Å². The largest absolute Gasteiger partial charge is 0.352 e. The average Bonchev–Trinajstić information content (AvgIpc) is 3.20. The number of aryl methyl sites for hydroxylation is 1. The predicted molar refractivity (Wildman–Crippen MR) is 113 cm³/mol. The van der Waals surface area contributed by atoms with Crippen LogP contribution in [0.5, 0.6) is 0 Å². The fourth-order valence-electron chi connectivity index (χ4n) is 4.70. The minimum Gasteiger partial charge on any atom is -0.352 e. The molecular formula is C23H33N3O4. The van der Waals surface area contributed by atoms with E-state index < -0.39 is 0 Å². The Labute approximate surface area is 178 Å². The molecular weight excluding hydrogens is 382 g/mol. The van der Waals surface area contributed by atoms with Gasteiger partial charge >= 0.3 is 0 Å². The van der Waals surface area contributed by atoms with Gasteiger partial charge in [0.05, 0.1) is 26.2 Å². The first-order chi connectivity index (χ1) is 14.5. The van der Waals surface area contributed by atoms with Crippen molar-refractivity contribution in [1.29, 1.82) is 0 Å². The van der Waals surface area contributed by atoms with Crippen molar-refractivity contribution >= 4 is 11.8 Å². The summed E-state index contributed by atoms with van der Waals surface area (Å²) in [4.78, 5) is 29.2. The molecule has 1 aromatic carbocycles. The maximum Gasteiger partial charge on any atom is 0.234 e. The van der Waals surface area contributed by atoms with Crippen LogP contribution in [0.1, 0.15) is 36.8 Å². The van der Waals surface area contributed by atoms with E-state index in [1.165, 1.54) is 0 Å². The molecule has 1 saturated carbocycles. The Bertz CT molecular complexity index is 745. The van der Waals surface area contributed by atoms with Gasteiger partial charge in [0.15, 0.2) is 5.79 Å². The number of carbonyl (C=O) groups is 2. The lowest BCUT2D eigenvalue weighted by molar-refractivity contribution is -0.180. The van der Waals surface area contributed by atoms with Crippen molar-refractivity contribution in [2.45, 2.75) is 50.9 Å². The van der Waals surface area contributed by atoms with Crippen LogP contribution in [0.25, 0.3) is 0 Å². The monoisotopic (exact) mass is 415 g/mol. The van der Waals surface area contributed by atoms with Gasteiger partial charge in [0.1, 0.15) is 0 Å². The summed E-state index contributed by atoms with van der Waals surface area (Å²) in [7, 11) is 0. The molecule has 3 fully saturated rings. The van der Waals surface area contributed by atoms with Gasteiger partial charge in [-0.05, 0) is 30.9 Å². The topological polar surface area (TPSA) is 71.1 Å². The van der Waals surface area contributed by atoms with Crippen LogP contribution in [0.3, 0.4) is 0 Å². The normalized spacial score (nSPS) is 22.4. The number of amides is 2. The Kier molecular flexibility index (Phi) is 6.71. The number of rotatable bonds is 5. The zero-order valence-electron chi connectivity index (χ0n) is 17.9. The zero-order chi connectivity index (χ0) is 21.0. The van der Waals surface area contributed by atoms with Gasteiger partial charge in [-0.15, -0.1) is 0 Å². The molecule has 1 spiro atoms. The first-order valence-electron chi connectivity index (χ1n) is 11.1. The second-order valence-corrected chi connectivity index (χ2v) is 8.71. The van der Waals surface area contributed by atoms with Crippen LogP contribution in [0.4, 0.5) is 0 Å². The van der Waals surface area contributed by atoms with E-state index in [0.29, 0.717) is 39.3 Å². The van der Waals surface area contributed by atoms with Gasteiger partial charge in [-0.25, -0.2) is 0 Å². The van der Waals surface area contributed by atoms with Crippen molar-refractivity contribution in [3.05, 3.63) is 35.4 Å². The molecule has 164 valence electrons. The van der Waals surface area contributed by atoms with Gasteiger partial charge < -0.3 is 19.7 Å². The summed E-state index contributed by atoms with van der Waals surface area (Å²) in [5.74, 6) is -0.146. The Morgan fingerprint density at radius 1 is 1.07 bits per heavy atom. The van der Waals surface area contributed by atoms with Gasteiger partial charge in [-0.3, -0.25) is 14.5 Å². The lowest BCUT2D eigenvalue weighted by Crippen LogP contribution is -2.52. The Morgan fingerprint density at radius 3 is 2.40 bits per heavy atom. The summed E-state index contributed by atoms with van der Waals surface area (Å²) in [6.45, 7) is 6.63. The molecule has 7 nitrogen and oxygen atoms in total. The molecule has 2 aliphatic heterocycles. The number of ether oxygens (including phenoxy) is 2. The average molecular weight is 416 g/mol. The van der Waals surface area contributed by atoms with E-state index in [4.69, 9.17) is 9.47 Å². The van der Waals surface area contributed by atoms with E-state index in [-0.39, 0.29) is 23.6 Å². The molecule has 1 N–H and O–H groups in total. The minimum atomic E-state index is -0.387. The van der Waals surface area contributed by atoms with Crippen molar-refractivity contribution in [3.8, 4) is 0 Å². The molecule has 4 rings (SSSR count). The fraction of sp³-hybridized carbons (Fsp3) is 0.652. The number of piperazine rings is 1. The van der Waals surface area contributed by atoms with Crippen molar-refractivity contribution in [3.63, 3.8) is 0 Å². The summed E-state index contributed by atoms with van der Waals surface area (Å²) in [5, 5.41) is 3.17. The first kappa shape index (κ1) is 21.3. The number of hydrogen-bond acceptors (Lipinski definition) is 5. The van der Waals surface area contributed by atoms with E-state index in [1.54, 1.807) is 0 Å². The Hall–Kier alpha value is -1.96. The number of hydrogen-bond donors (Lipinski definition) is 1. The molecule has 0 unspecified atom stereocenters. The molecule has 3 aliphatic rings. The predicted octanol–water partition coefficient (Wildman–Crippen LogP) is 1.48. The van der Waals surface area contributed by atoms with E-state index >= 15 is 0 Å². The second-order valence-electron chi connectivity index (χ2n) is 8.71. The number of benzene rings is 1. The maximum absolute atomic E-state index is 12.6. The highest BCUT2D eigenvalue weighted by atomic mass is 16.7. The van der Waals surface area contributed by atoms with E-state index in [9.17, 15) is 9.59 Å². The third-order valence-electron chi connectivity index (χ3n) is 6.62.